The Kier molecular flexibility index (Phi) is 5.57. The lowest BCUT2D eigenvalue weighted by Crippen LogP contribution is -2.57. The predicted octanol–water partition coefficient (Wildman–Crippen LogP) is 3.79. The average molecular weight is 393 g/mol. The molecule has 5 aliphatic heterocycles. The Morgan fingerprint density at radius 1 is 0.821 bits per heavy atom. The van der Waals surface area contributed by atoms with Gasteiger partial charge in [-0.1, -0.05) is 19.1 Å². The van der Waals surface area contributed by atoms with Crippen molar-refractivity contribution in [1.29, 1.82) is 0 Å². The van der Waals surface area contributed by atoms with Crippen molar-refractivity contribution in [2.45, 2.75) is 114 Å². The summed E-state index contributed by atoms with van der Waals surface area (Å²) in [6, 6.07) is 0. The molecule has 0 aromatic heterocycles. The third kappa shape index (κ3) is 3.69. The van der Waals surface area contributed by atoms with Gasteiger partial charge in [-0.25, -0.2) is 0 Å². The van der Waals surface area contributed by atoms with Gasteiger partial charge in [0, 0.05) is 25.6 Å². The molecule has 0 N–H and O–H groups in total. The summed E-state index contributed by atoms with van der Waals surface area (Å²) in [5.74, 6) is 0.380. The molecule has 5 rings (SSSR count). The van der Waals surface area contributed by atoms with Crippen LogP contribution in [0.15, 0.2) is 12.2 Å². The van der Waals surface area contributed by atoms with Crippen LogP contribution in [-0.4, -0.2) is 61.5 Å². The van der Waals surface area contributed by atoms with Crippen molar-refractivity contribution in [1.82, 2.24) is 0 Å². The Morgan fingerprint density at radius 3 is 2.50 bits per heavy atom. The van der Waals surface area contributed by atoms with Crippen LogP contribution in [0.3, 0.4) is 0 Å². The molecule has 28 heavy (non-hydrogen) atoms. The first-order valence-electron chi connectivity index (χ1n) is 11.5. The van der Waals surface area contributed by atoms with E-state index in [9.17, 15) is 0 Å². The van der Waals surface area contributed by atoms with Gasteiger partial charge >= 0.3 is 0 Å². The van der Waals surface area contributed by atoms with Gasteiger partial charge in [0.1, 0.15) is 0 Å². The second-order valence-corrected chi connectivity index (χ2v) is 9.68. The molecule has 0 bridgehead atoms. The second-order valence-electron chi connectivity index (χ2n) is 9.68. The predicted molar refractivity (Wildman–Crippen MR) is 105 cm³/mol. The zero-order valence-corrected chi connectivity index (χ0v) is 17.4. The monoisotopic (exact) mass is 392 g/mol. The van der Waals surface area contributed by atoms with Gasteiger partial charge in [-0.3, -0.25) is 0 Å². The lowest BCUT2D eigenvalue weighted by Gasteiger charge is -2.49. The fraction of sp³-hybridized carbons (Fsp3) is 0.913. The van der Waals surface area contributed by atoms with E-state index in [2.05, 4.69) is 26.0 Å². The highest BCUT2D eigenvalue weighted by Gasteiger charge is 2.52. The molecule has 5 aliphatic rings. The number of hydrogen-bond acceptors (Lipinski definition) is 5. The Bertz CT molecular complexity index is 579. The van der Waals surface area contributed by atoms with Gasteiger partial charge in [0.2, 0.25) is 0 Å². The standard InChI is InChI=1S/C23H36O5/c1-15-6-3-7-18-17(26-19-9-5-13-25-22(15)19)10-11-21-23(2,28-18)14-20-16(27-21)8-4-12-24-20/h3,6,15-22H,4-5,7-14H2,1-2H3/b6-3-/t15-,16-,17-,18+,19+,20+,21+,22-,23-/m0/s1. The van der Waals surface area contributed by atoms with Crippen LogP contribution in [-0.2, 0) is 23.7 Å². The summed E-state index contributed by atoms with van der Waals surface area (Å²) in [6.07, 6.45) is 13.9. The lowest BCUT2D eigenvalue weighted by atomic mass is 9.83. The molecule has 0 amide bonds. The van der Waals surface area contributed by atoms with Crippen LogP contribution in [0.1, 0.15) is 65.2 Å². The Balaban J connectivity index is 1.37. The highest BCUT2D eigenvalue weighted by molar-refractivity contribution is 5.03. The fourth-order valence-corrected chi connectivity index (χ4v) is 5.99. The summed E-state index contributed by atoms with van der Waals surface area (Å²) in [7, 11) is 0. The molecule has 4 fully saturated rings. The van der Waals surface area contributed by atoms with Crippen molar-refractivity contribution in [2.75, 3.05) is 13.2 Å². The summed E-state index contributed by atoms with van der Waals surface area (Å²) < 4.78 is 32.3. The minimum Gasteiger partial charge on any atom is -0.375 e. The van der Waals surface area contributed by atoms with Crippen molar-refractivity contribution in [2.24, 2.45) is 5.92 Å². The van der Waals surface area contributed by atoms with E-state index >= 15 is 0 Å². The van der Waals surface area contributed by atoms with Gasteiger partial charge in [0.05, 0.1) is 48.3 Å². The maximum atomic E-state index is 6.84. The quantitative estimate of drug-likeness (QED) is 0.587. The van der Waals surface area contributed by atoms with Crippen molar-refractivity contribution in [3.63, 3.8) is 0 Å². The number of rotatable bonds is 0. The zero-order chi connectivity index (χ0) is 19.1. The Labute approximate surface area is 169 Å². The molecular formula is C23H36O5. The van der Waals surface area contributed by atoms with Gasteiger partial charge in [-0.2, -0.15) is 0 Å². The number of ether oxygens (including phenoxy) is 5. The molecule has 158 valence electrons. The molecule has 4 saturated heterocycles. The van der Waals surface area contributed by atoms with Gasteiger partial charge in [-0.05, 0) is 51.9 Å². The Morgan fingerprint density at radius 2 is 1.61 bits per heavy atom. The zero-order valence-electron chi connectivity index (χ0n) is 17.4. The van der Waals surface area contributed by atoms with Crippen molar-refractivity contribution < 1.29 is 23.7 Å². The van der Waals surface area contributed by atoms with Gasteiger partial charge < -0.3 is 23.7 Å². The van der Waals surface area contributed by atoms with Crippen molar-refractivity contribution >= 4 is 0 Å². The first-order valence-corrected chi connectivity index (χ1v) is 11.5. The largest absolute Gasteiger partial charge is 0.375 e. The maximum absolute atomic E-state index is 6.84. The molecule has 5 heteroatoms. The van der Waals surface area contributed by atoms with Crippen LogP contribution in [0.4, 0.5) is 0 Å². The molecule has 5 heterocycles. The first-order chi connectivity index (χ1) is 13.6. The summed E-state index contributed by atoms with van der Waals surface area (Å²) in [5.41, 5.74) is -0.294. The highest BCUT2D eigenvalue weighted by Crippen LogP contribution is 2.43. The van der Waals surface area contributed by atoms with E-state index in [1.807, 2.05) is 0 Å². The van der Waals surface area contributed by atoms with E-state index in [0.717, 1.165) is 64.6 Å². The minimum absolute atomic E-state index is 0.0721. The molecule has 0 spiro atoms. The molecule has 0 aromatic carbocycles. The minimum atomic E-state index is -0.294. The molecule has 0 unspecified atom stereocenters. The van der Waals surface area contributed by atoms with Crippen molar-refractivity contribution in [3.05, 3.63) is 12.2 Å². The third-order valence-electron chi connectivity index (χ3n) is 7.54. The van der Waals surface area contributed by atoms with E-state index in [0.29, 0.717) is 5.92 Å². The van der Waals surface area contributed by atoms with Crippen LogP contribution in [0.25, 0.3) is 0 Å². The van der Waals surface area contributed by atoms with Crippen LogP contribution in [0.2, 0.25) is 0 Å². The van der Waals surface area contributed by atoms with Crippen LogP contribution in [0.5, 0.6) is 0 Å². The van der Waals surface area contributed by atoms with E-state index in [1.165, 1.54) is 0 Å². The third-order valence-corrected chi connectivity index (χ3v) is 7.54. The maximum Gasteiger partial charge on any atom is 0.0946 e. The van der Waals surface area contributed by atoms with Crippen LogP contribution in [0, 0.1) is 5.92 Å². The Hall–Kier alpha value is -0.460. The van der Waals surface area contributed by atoms with Crippen molar-refractivity contribution in [3.8, 4) is 0 Å². The molecular weight excluding hydrogens is 356 g/mol. The van der Waals surface area contributed by atoms with E-state index in [1.54, 1.807) is 0 Å². The van der Waals surface area contributed by atoms with Gasteiger partial charge in [0.15, 0.2) is 0 Å². The first kappa shape index (κ1) is 19.5. The summed E-state index contributed by atoms with van der Waals surface area (Å²) >= 11 is 0. The number of fused-ring (bicyclic) bond motifs is 4. The topological polar surface area (TPSA) is 46.2 Å². The molecule has 5 nitrogen and oxygen atoms in total. The lowest BCUT2D eigenvalue weighted by molar-refractivity contribution is -0.261. The summed E-state index contributed by atoms with van der Waals surface area (Å²) in [5, 5.41) is 0. The molecule has 0 aromatic rings. The van der Waals surface area contributed by atoms with Crippen LogP contribution < -0.4 is 0 Å². The van der Waals surface area contributed by atoms with E-state index in [-0.39, 0.29) is 48.3 Å². The normalized spacial score (nSPS) is 53.1. The molecule has 0 saturated carbocycles. The smallest absolute Gasteiger partial charge is 0.0946 e. The molecule has 9 atom stereocenters. The summed E-state index contributed by atoms with van der Waals surface area (Å²) in [4.78, 5) is 0. The molecule has 0 radical (unpaired) electrons. The van der Waals surface area contributed by atoms with Gasteiger partial charge in [0.25, 0.3) is 0 Å². The van der Waals surface area contributed by atoms with Crippen LogP contribution >= 0.6 is 0 Å². The SMILES string of the molecule is C[C@H]1/C=C\C[C@H]2O[C@@]3(C)C[C@H]4OCCC[C@@H]4O[C@@H]3CC[C@@H]2O[C@@H]2CCCO[C@@H]12. The average Bonchev–Trinajstić information content (AvgIpc) is 2.78. The summed E-state index contributed by atoms with van der Waals surface area (Å²) in [6.45, 7) is 6.19. The second kappa shape index (κ2) is 7.99. The highest BCUT2D eigenvalue weighted by atomic mass is 16.6. The van der Waals surface area contributed by atoms with E-state index < -0.39 is 0 Å². The van der Waals surface area contributed by atoms with Gasteiger partial charge in [-0.15, -0.1) is 0 Å². The molecule has 0 aliphatic carbocycles. The van der Waals surface area contributed by atoms with E-state index in [4.69, 9.17) is 23.7 Å². The number of hydrogen-bond donors (Lipinski definition) is 0. The fourth-order valence-electron chi connectivity index (χ4n) is 5.99.